The number of amides is 1. The summed E-state index contributed by atoms with van der Waals surface area (Å²) in [6, 6.07) is 15.0. The molecule has 50 heavy (non-hydrogen) atoms. The molecule has 10 nitrogen and oxygen atoms in total. The highest BCUT2D eigenvalue weighted by Crippen LogP contribution is 2.37. The lowest BCUT2D eigenvalue weighted by molar-refractivity contribution is -0.125. The number of likely N-dealkylation sites (tertiary alicyclic amines) is 1. The summed E-state index contributed by atoms with van der Waals surface area (Å²) in [6.07, 6.45) is 8.19. The van der Waals surface area contributed by atoms with E-state index < -0.39 is 6.17 Å². The average Bonchev–Trinajstić information content (AvgIpc) is 3.81. The number of ether oxygens (including phenoxy) is 1. The van der Waals surface area contributed by atoms with Gasteiger partial charge in [-0.2, -0.15) is 15.2 Å². The molecule has 1 aromatic heterocycles. The van der Waals surface area contributed by atoms with Gasteiger partial charge in [-0.05, 0) is 49.3 Å². The molecule has 1 amide bonds. The third-order valence-electron chi connectivity index (χ3n) is 9.23. The van der Waals surface area contributed by atoms with Gasteiger partial charge in [0, 0.05) is 76.0 Å². The maximum atomic E-state index is 12.6. The molecular formula is C38H53ClFN7O3. The van der Waals surface area contributed by atoms with E-state index in [4.69, 9.17) is 36.7 Å². The smallest absolute Gasteiger partial charge is 0.318 e. The van der Waals surface area contributed by atoms with Crippen molar-refractivity contribution < 1.29 is 19.0 Å². The molecule has 0 saturated carbocycles. The van der Waals surface area contributed by atoms with E-state index in [0.717, 1.165) is 84.4 Å². The molecule has 4 heterocycles. The Morgan fingerprint density at radius 1 is 1.24 bits per heavy atom. The van der Waals surface area contributed by atoms with Crippen LogP contribution in [0, 0.1) is 11.3 Å². The summed E-state index contributed by atoms with van der Waals surface area (Å²) in [4.78, 5) is 27.9. The average molecular weight is 710 g/mol. The number of nitrogens with one attached hydrogen (secondary N) is 1. The third-order valence-corrected chi connectivity index (χ3v) is 9.55. The predicted molar refractivity (Wildman–Crippen MR) is 201 cm³/mol. The van der Waals surface area contributed by atoms with E-state index in [1.807, 2.05) is 24.1 Å². The van der Waals surface area contributed by atoms with Crippen LogP contribution in [0.5, 0.6) is 6.01 Å². The van der Waals surface area contributed by atoms with Crippen LogP contribution in [0.3, 0.4) is 0 Å². The number of aliphatic hydroxyl groups is 1. The molecule has 3 aromatic rings. The molecule has 0 spiro atoms. The fourth-order valence-corrected chi connectivity index (χ4v) is 6.99. The minimum absolute atomic E-state index is 0.0254. The normalized spacial score (nSPS) is 19.1. The fraction of sp³-hybridized carbons (Fsp3) is 0.526. The number of carbonyl (C=O) groups is 1. The van der Waals surface area contributed by atoms with Gasteiger partial charge >= 0.3 is 6.01 Å². The van der Waals surface area contributed by atoms with Crippen molar-refractivity contribution in [2.75, 3.05) is 57.2 Å². The Morgan fingerprint density at radius 3 is 2.60 bits per heavy atom. The molecular weight excluding hydrogens is 657 g/mol. The summed E-state index contributed by atoms with van der Waals surface area (Å²) >= 11 is 6.60. The number of benzene rings is 2. The molecule has 2 saturated heterocycles. The molecule has 3 atom stereocenters. The van der Waals surface area contributed by atoms with Crippen LogP contribution in [0.4, 0.5) is 15.9 Å². The first-order chi connectivity index (χ1) is 24.2. The van der Waals surface area contributed by atoms with E-state index in [1.165, 1.54) is 32.3 Å². The molecule has 3 aliphatic heterocycles. The zero-order valence-electron chi connectivity index (χ0n) is 30.2. The maximum Gasteiger partial charge on any atom is 0.318 e. The van der Waals surface area contributed by atoms with Crippen molar-refractivity contribution in [1.29, 1.82) is 5.26 Å². The van der Waals surface area contributed by atoms with Crippen LogP contribution in [-0.4, -0.2) is 91.6 Å². The highest BCUT2D eigenvalue weighted by Gasteiger charge is 2.32. The first kappa shape index (κ1) is 40.4. The number of alkyl halides is 1. The van der Waals surface area contributed by atoms with Crippen molar-refractivity contribution in [3.63, 3.8) is 0 Å². The number of likely N-dealkylation sites (N-methyl/N-ethyl adjacent to an activating group) is 1. The van der Waals surface area contributed by atoms with E-state index in [1.54, 1.807) is 13.2 Å². The van der Waals surface area contributed by atoms with Crippen LogP contribution >= 0.6 is 11.6 Å². The summed E-state index contributed by atoms with van der Waals surface area (Å²) < 4.78 is 18.1. The number of methoxy groups -OCH3 is 1. The molecule has 0 aliphatic carbocycles. The zero-order valence-corrected chi connectivity index (χ0v) is 30.9. The number of nitrogens with zero attached hydrogens (tertiary/aromatic N) is 6. The molecule has 272 valence electrons. The number of unbranched alkanes of at least 4 members (excludes halogenated alkanes) is 2. The lowest BCUT2D eigenvalue weighted by Crippen LogP contribution is -2.39. The van der Waals surface area contributed by atoms with Crippen LogP contribution < -0.4 is 19.9 Å². The van der Waals surface area contributed by atoms with Crippen molar-refractivity contribution in [2.24, 2.45) is 0 Å². The Kier molecular flexibility index (Phi) is 16.7. The van der Waals surface area contributed by atoms with Gasteiger partial charge < -0.3 is 29.9 Å². The number of rotatable bonds is 9. The van der Waals surface area contributed by atoms with Gasteiger partial charge in [0.1, 0.15) is 12.0 Å². The third kappa shape index (κ3) is 10.5. The molecule has 3 unspecified atom stereocenters. The van der Waals surface area contributed by atoms with Crippen LogP contribution in [0.15, 0.2) is 49.1 Å². The van der Waals surface area contributed by atoms with E-state index in [9.17, 15) is 9.18 Å². The van der Waals surface area contributed by atoms with Crippen molar-refractivity contribution in [1.82, 2.24) is 20.2 Å². The minimum atomic E-state index is -0.582. The van der Waals surface area contributed by atoms with Crippen LogP contribution in [0.25, 0.3) is 10.8 Å². The Labute approximate surface area is 301 Å². The lowest BCUT2D eigenvalue weighted by atomic mass is 10.0. The topological polar surface area (TPSA) is 118 Å². The van der Waals surface area contributed by atoms with E-state index in [0.29, 0.717) is 31.7 Å². The van der Waals surface area contributed by atoms with Gasteiger partial charge in [0.05, 0.1) is 30.4 Å². The first-order valence-electron chi connectivity index (χ1n) is 17.4. The second kappa shape index (κ2) is 20.6. The number of carbonyl (C=O) groups excluding carboxylic acids is 1. The van der Waals surface area contributed by atoms with Gasteiger partial charge in [-0.15, -0.1) is 0 Å². The van der Waals surface area contributed by atoms with Gasteiger partial charge in [0.2, 0.25) is 5.91 Å². The maximum absolute atomic E-state index is 12.6. The molecule has 12 heteroatoms. The minimum Gasteiger partial charge on any atom is -0.467 e. The highest BCUT2D eigenvalue weighted by molar-refractivity contribution is 6.36. The van der Waals surface area contributed by atoms with Gasteiger partial charge in [-0.1, -0.05) is 68.6 Å². The summed E-state index contributed by atoms with van der Waals surface area (Å²) in [5, 5.41) is 20.4. The number of aromatic nitrogens is 2. The largest absolute Gasteiger partial charge is 0.467 e. The van der Waals surface area contributed by atoms with Gasteiger partial charge in [-0.3, -0.25) is 4.79 Å². The number of fused-ring (bicyclic) bond motifs is 2. The Balaban J connectivity index is 0.000000354. The van der Waals surface area contributed by atoms with Crippen LogP contribution in [0.2, 0.25) is 5.02 Å². The zero-order chi connectivity index (χ0) is 36.6. The Hall–Kier alpha value is -3.98. The molecule has 0 bridgehead atoms. The molecule has 2 aromatic carbocycles. The van der Waals surface area contributed by atoms with Crippen LogP contribution in [0.1, 0.15) is 63.6 Å². The van der Waals surface area contributed by atoms with E-state index >= 15 is 0 Å². The number of aliphatic hydroxyl groups excluding tert-OH is 1. The predicted octanol–water partition coefficient (Wildman–Crippen LogP) is 6.48. The highest BCUT2D eigenvalue weighted by atomic mass is 35.5. The van der Waals surface area contributed by atoms with E-state index in [2.05, 4.69) is 52.9 Å². The second-order valence-electron chi connectivity index (χ2n) is 12.4. The number of nitriles is 1. The molecule has 6 rings (SSSR count). The van der Waals surface area contributed by atoms with Gasteiger partial charge in [-0.25, -0.2) is 4.39 Å². The number of hydrogen-bond donors (Lipinski definition) is 2. The fourth-order valence-electron chi connectivity index (χ4n) is 6.71. The second-order valence-corrected chi connectivity index (χ2v) is 12.9. The SMILES string of the molecule is C=CC(=O)N1CCC(N(C)c2nc(OC)nc3c2CCN(c2cccc4cccc(Cl)c24)C3)C1.CC#N.CCCCCC1CC(F)CN1.CO. The molecule has 2 fully saturated rings. The summed E-state index contributed by atoms with van der Waals surface area (Å²) in [7, 11) is 4.64. The van der Waals surface area contributed by atoms with Crippen LogP contribution in [-0.2, 0) is 17.8 Å². The Bertz CT molecular complexity index is 1580. The quantitative estimate of drug-likeness (QED) is 0.190. The summed E-state index contributed by atoms with van der Waals surface area (Å²) in [5.41, 5.74) is 3.20. The number of anilines is 2. The standard InChI is InChI=1S/C26H28ClN5O2.C9H18FN.C2H3N.CH4O/c1-4-23(33)32-13-11-18(15-32)30(2)25-19-12-14-31(16-21(19)28-26(29-25)34-3)22-10-6-8-17-7-5-9-20(27)24(17)22;1-2-3-4-5-9-6-8(10)7-11-9;1-2-3;1-2/h4-10,18H,1,11-16H2,2-3H3;8-9,11H,2-7H2,1H3;1H3;2H,1H3. The van der Waals surface area contributed by atoms with E-state index in [-0.39, 0.29) is 11.9 Å². The van der Waals surface area contributed by atoms with Gasteiger partial charge in [0.25, 0.3) is 0 Å². The van der Waals surface area contributed by atoms with Crippen molar-refractivity contribution >= 4 is 39.8 Å². The van der Waals surface area contributed by atoms with Crippen molar-refractivity contribution in [3.8, 4) is 12.1 Å². The monoisotopic (exact) mass is 709 g/mol. The van der Waals surface area contributed by atoms with Gasteiger partial charge in [0.15, 0.2) is 0 Å². The number of hydrogen-bond acceptors (Lipinski definition) is 9. The molecule has 2 N–H and O–H groups in total. The summed E-state index contributed by atoms with van der Waals surface area (Å²) in [5.74, 6) is 0.859. The Morgan fingerprint density at radius 2 is 1.96 bits per heavy atom. The summed E-state index contributed by atoms with van der Waals surface area (Å²) in [6.45, 7) is 10.7. The lowest BCUT2D eigenvalue weighted by Gasteiger charge is -2.34. The van der Waals surface area contributed by atoms with Crippen molar-refractivity contribution in [2.45, 2.75) is 83.6 Å². The molecule has 0 radical (unpaired) electrons. The number of halogens is 2. The van der Waals surface area contributed by atoms with Crippen molar-refractivity contribution in [3.05, 3.63) is 65.3 Å². The molecule has 3 aliphatic rings. The first-order valence-corrected chi connectivity index (χ1v) is 17.7.